The van der Waals surface area contributed by atoms with Crippen molar-refractivity contribution in [2.24, 2.45) is 33.5 Å². The molecule has 0 aromatic carbocycles. The predicted octanol–water partition coefficient (Wildman–Crippen LogP) is 12.3. The molecule has 3 aliphatic carbocycles. The van der Waals surface area contributed by atoms with Gasteiger partial charge in [0, 0.05) is 5.54 Å². The molecule has 3 saturated carbocycles. The highest BCUT2D eigenvalue weighted by Gasteiger charge is 2.41. The van der Waals surface area contributed by atoms with E-state index in [9.17, 15) is 0 Å². The van der Waals surface area contributed by atoms with Crippen LogP contribution in [-0.2, 0) is 0 Å². The maximum atomic E-state index is 2.55. The van der Waals surface area contributed by atoms with Crippen LogP contribution in [0.3, 0.4) is 0 Å². The first-order chi connectivity index (χ1) is 17.3. The molecule has 1 saturated heterocycles. The highest BCUT2D eigenvalue weighted by molar-refractivity contribution is 4.92. The van der Waals surface area contributed by atoms with Gasteiger partial charge in [-0.3, -0.25) is 4.90 Å². The summed E-state index contributed by atoms with van der Waals surface area (Å²) in [4.78, 5) is 2.55. The van der Waals surface area contributed by atoms with Gasteiger partial charge in [-0.15, -0.1) is 0 Å². The summed E-state index contributed by atoms with van der Waals surface area (Å²) in [6, 6.07) is 0. The van der Waals surface area contributed by atoms with Crippen molar-refractivity contribution in [2.75, 3.05) is 13.1 Å². The van der Waals surface area contributed by atoms with E-state index in [-0.39, 0.29) is 0 Å². The molecule has 1 nitrogen and oxygen atoms in total. The highest BCUT2D eigenvalue weighted by Crippen LogP contribution is 2.53. The first-order valence-electron chi connectivity index (χ1n) is 17.0. The summed E-state index contributed by atoms with van der Waals surface area (Å²) in [7, 11) is 0. The lowest BCUT2D eigenvalue weighted by Crippen LogP contribution is -2.38. The van der Waals surface area contributed by atoms with Gasteiger partial charge in [0.2, 0.25) is 0 Å². The molecule has 0 atom stereocenters. The van der Waals surface area contributed by atoms with E-state index in [0.717, 1.165) is 11.8 Å². The van der Waals surface area contributed by atoms with Crippen LogP contribution in [-0.4, -0.2) is 23.5 Å². The Morgan fingerprint density at radius 1 is 0.474 bits per heavy atom. The van der Waals surface area contributed by atoms with E-state index in [4.69, 9.17) is 0 Å². The third-order valence-electron chi connectivity index (χ3n) is 11.0. The number of likely N-dealkylation sites (tertiary alicyclic amines) is 1. The number of hydrogen-bond donors (Lipinski definition) is 0. The van der Waals surface area contributed by atoms with E-state index < -0.39 is 0 Å². The van der Waals surface area contributed by atoms with E-state index in [0.29, 0.717) is 27.2 Å². The molecule has 38 heavy (non-hydrogen) atoms. The second kappa shape index (κ2) is 15.3. The Kier molecular flexibility index (Phi) is 14.5. The molecule has 1 heteroatoms. The summed E-state index contributed by atoms with van der Waals surface area (Å²) in [5.41, 5.74) is 2.75. The van der Waals surface area contributed by atoms with Gasteiger partial charge >= 0.3 is 0 Å². The first-order valence-corrected chi connectivity index (χ1v) is 17.0. The van der Waals surface area contributed by atoms with E-state index in [1.807, 2.05) is 0 Å². The van der Waals surface area contributed by atoms with Crippen LogP contribution in [0.5, 0.6) is 0 Å². The van der Waals surface area contributed by atoms with Gasteiger partial charge in [0.15, 0.2) is 0 Å². The van der Waals surface area contributed by atoms with Crippen LogP contribution in [0.4, 0.5) is 0 Å². The minimum absolute atomic E-state index is 0.413. The van der Waals surface area contributed by atoms with Gasteiger partial charge in [0.25, 0.3) is 0 Å². The maximum Gasteiger partial charge on any atom is 0.0125 e. The summed E-state index contributed by atoms with van der Waals surface area (Å²) < 4.78 is 0. The van der Waals surface area contributed by atoms with E-state index >= 15 is 0 Å². The maximum absolute atomic E-state index is 2.55. The van der Waals surface area contributed by atoms with Crippen LogP contribution in [0.25, 0.3) is 0 Å². The lowest BCUT2D eigenvalue weighted by Gasteiger charge is -2.49. The molecule has 1 aliphatic heterocycles. The fourth-order valence-corrected chi connectivity index (χ4v) is 6.78. The minimum Gasteiger partial charge on any atom is -0.298 e. The average molecular weight is 534 g/mol. The van der Waals surface area contributed by atoms with E-state index in [1.165, 1.54) is 109 Å². The van der Waals surface area contributed by atoms with Crippen molar-refractivity contribution < 1.29 is 0 Å². The van der Waals surface area contributed by atoms with E-state index in [2.05, 4.69) is 94.9 Å². The van der Waals surface area contributed by atoms with Gasteiger partial charge in [-0.05, 0) is 119 Å². The molecule has 0 unspecified atom stereocenters. The molecule has 0 bridgehead atoms. The van der Waals surface area contributed by atoms with Gasteiger partial charge in [-0.25, -0.2) is 0 Å². The molecule has 0 N–H and O–H groups in total. The summed E-state index contributed by atoms with van der Waals surface area (Å²) in [6.45, 7) is 33.2. The smallest absolute Gasteiger partial charge is 0.0125 e. The Hall–Kier alpha value is -0.0400. The fourth-order valence-electron chi connectivity index (χ4n) is 6.78. The molecular formula is C37H75N. The third kappa shape index (κ3) is 13.1. The molecule has 4 rings (SSSR count). The van der Waals surface area contributed by atoms with E-state index in [1.54, 1.807) is 0 Å². The molecule has 0 aromatic heterocycles. The van der Waals surface area contributed by atoms with Gasteiger partial charge in [-0.1, -0.05) is 114 Å². The van der Waals surface area contributed by atoms with Crippen LogP contribution < -0.4 is 0 Å². The van der Waals surface area contributed by atoms with Gasteiger partial charge in [-0.2, -0.15) is 0 Å². The molecular weight excluding hydrogens is 458 g/mol. The van der Waals surface area contributed by atoms with Crippen molar-refractivity contribution in [3.05, 3.63) is 0 Å². The Morgan fingerprint density at radius 3 is 0.947 bits per heavy atom. The highest BCUT2D eigenvalue weighted by atomic mass is 15.2. The van der Waals surface area contributed by atoms with Crippen LogP contribution >= 0.6 is 0 Å². The molecule has 0 aromatic rings. The Balaban J connectivity index is 0.000000254. The average Bonchev–Trinajstić information content (AvgIpc) is 3.34. The van der Waals surface area contributed by atoms with Crippen molar-refractivity contribution in [2.45, 2.75) is 192 Å². The Morgan fingerprint density at radius 2 is 0.816 bits per heavy atom. The Labute approximate surface area is 243 Å². The first kappa shape index (κ1) is 36.0. The van der Waals surface area contributed by atoms with Gasteiger partial charge < -0.3 is 0 Å². The number of rotatable bonds is 0. The second-order valence-electron chi connectivity index (χ2n) is 17.9. The number of nitrogens with zero attached hydrogens (tertiary/aromatic N) is 1. The SMILES string of the molecule is CC(C)(C)C1(C)CCC1.CC(C)(C)C1CCCCC1.CC(C)(C)C1CCCCC1.CC(C)(C)N1CCCC1. The Bertz CT molecular complexity index is 567. The molecule has 4 fully saturated rings. The van der Waals surface area contributed by atoms with Crippen molar-refractivity contribution >= 4 is 0 Å². The monoisotopic (exact) mass is 534 g/mol. The predicted molar refractivity (Wildman–Crippen MR) is 174 cm³/mol. The zero-order valence-corrected chi connectivity index (χ0v) is 29.1. The summed E-state index contributed by atoms with van der Waals surface area (Å²) in [6.07, 6.45) is 21.9. The van der Waals surface area contributed by atoms with Crippen LogP contribution in [0, 0.1) is 33.5 Å². The van der Waals surface area contributed by atoms with Crippen molar-refractivity contribution in [3.8, 4) is 0 Å². The molecule has 4 aliphatic rings. The van der Waals surface area contributed by atoms with Crippen LogP contribution in [0.2, 0.25) is 0 Å². The van der Waals surface area contributed by atoms with Crippen LogP contribution in [0.15, 0.2) is 0 Å². The van der Waals surface area contributed by atoms with Crippen molar-refractivity contribution in [1.29, 1.82) is 0 Å². The van der Waals surface area contributed by atoms with Crippen LogP contribution in [0.1, 0.15) is 186 Å². The quantitative estimate of drug-likeness (QED) is 0.299. The molecule has 228 valence electrons. The van der Waals surface area contributed by atoms with Gasteiger partial charge in [0.1, 0.15) is 0 Å². The van der Waals surface area contributed by atoms with Crippen molar-refractivity contribution in [3.63, 3.8) is 0 Å². The topological polar surface area (TPSA) is 3.24 Å². The van der Waals surface area contributed by atoms with Gasteiger partial charge in [0.05, 0.1) is 0 Å². The second-order valence-corrected chi connectivity index (χ2v) is 17.9. The minimum atomic E-state index is 0.413. The fraction of sp³-hybridized carbons (Fsp3) is 1.00. The summed E-state index contributed by atoms with van der Waals surface area (Å²) >= 11 is 0. The zero-order valence-electron chi connectivity index (χ0n) is 29.1. The standard InChI is InChI=1S/2C10H20.C9H18.C8H17N/c2*1-10(2,3)9-7-5-4-6-8-9;1-8(2,3)9(4)6-5-7-9;1-8(2,3)9-6-4-5-7-9/h2*9H,4-8H2,1-3H3;5-7H2,1-4H3;4-7H2,1-3H3. The summed E-state index contributed by atoms with van der Waals surface area (Å²) in [5, 5.41) is 0. The molecule has 0 amide bonds. The lowest BCUT2D eigenvalue weighted by atomic mass is 9.56. The molecule has 0 spiro atoms. The lowest BCUT2D eigenvalue weighted by molar-refractivity contribution is 0.0176. The summed E-state index contributed by atoms with van der Waals surface area (Å²) in [5.74, 6) is 2.00. The molecule has 1 heterocycles. The molecule has 0 radical (unpaired) electrons. The third-order valence-corrected chi connectivity index (χ3v) is 11.0. The largest absolute Gasteiger partial charge is 0.298 e. The zero-order chi connectivity index (χ0) is 29.3. The normalized spacial score (nSPS) is 23.6. The number of hydrogen-bond acceptors (Lipinski definition) is 1. The van der Waals surface area contributed by atoms with Crippen molar-refractivity contribution in [1.82, 2.24) is 4.90 Å².